The van der Waals surface area contributed by atoms with Gasteiger partial charge in [-0.15, -0.1) is 0 Å². The minimum Gasteiger partial charge on any atom is -0.494 e. The normalized spacial score (nSPS) is 10.1. The summed E-state index contributed by atoms with van der Waals surface area (Å²) in [6, 6.07) is 11.5. The van der Waals surface area contributed by atoms with E-state index in [0.29, 0.717) is 23.6 Å². The fraction of sp³-hybridized carbons (Fsp3) is 0.200. The monoisotopic (exact) mass is 288 g/mol. The molecule has 0 aliphatic rings. The van der Waals surface area contributed by atoms with E-state index in [-0.39, 0.29) is 12.3 Å². The first-order valence-electron chi connectivity index (χ1n) is 6.48. The predicted molar refractivity (Wildman–Crippen MR) is 79.5 cm³/mol. The third-order valence-electron chi connectivity index (χ3n) is 2.87. The van der Waals surface area contributed by atoms with Crippen molar-refractivity contribution in [1.82, 2.24) is 0 Å². The summed E-state index contributed by atoms with van der Waals surface area (Å²) in [5, 5.41) is 10.7. The molecular formula is C15H16N2O4. The Hall–Kier alpha value is -2.76. The Morgan fingerprint density at radius 1 is 1.10 bits per heavy atom. The molecule has 0 bridgehead atoms. The summed E-state index contributed by atoms with van der Waals surface area (Å²) in [4.78, 5) is 10.3. The predicted octanol–water partition coefficient (Wildman–Crippen LogP) is 3.15. The van der Waals surface area contributed by atoms with Crippen LogP contribution in [-0.4, -0.2) is 11.5 Å². The van der Waals surface area contributed by atoms with Crippen molar-refractivity contribution in [2.75, 3.05) is 12.3 Å². The molecule has 2 aromatic rings. The van der Waals surface area contributed by atoms with Crippen LogP contribution in [0.2, 0.25) is 0 Å². The fourth-order valence-corrected chi connectivity index (χ4v) is 1.79. The maximum absolute atomic E-state index is 10.7. The van der Waals surface area contributed by atoms with Crippen LogP contribution in [0.3, 0.4) is 0 Å². The Balaban J connectivity index is 2.05. The number of nitrogens with two attached hydrogens (primary N) is 1. The Kier molecular flexibility index (Phi) is 4.61. The average Bonchev–Trinajstić information content (AvgIpc) is 2.48. The molecule has 0 saturated heterocycles. The first kappa shape index (κ1) is 14.6. The number of nitrogen functional groups attached to an aromatic ring is 1. The van der Waals surface area contributed by atoms with Gasteiger partial charge in [0.15, 0.2) is 0 Å². The summed E-state index contributed by atoms with van der Waals surface area (Å²) in [6.07, 6.45) is 0. The number of hydrogen-bond donors (Lipinski definition) is 1. The molecule has 2 rings (SSSR count). The SMILES string of the molecule is CCOc1ccc(OCc2cc([N+](=O)[O-])ccc2N)cc1. The molecule has 2 N–H and O–H groups in total. The molecule has 0 aliphatic heterocycles. The lowest BCUT2D eigenvalue weighted by atomic mass is 10.1. The van der Waals surface area contributed by atoms with Crippen LogP contribution in [0.4, 0.5) is 11.4 Å². The van der Waals surface area contributed by atoms with Crippen molar-refractivity contribution in [3.63, 3.8) is 0 Å². The van der Waals surface area contributed by atoms with Crippen molar-refractivity contribution in [1.29, 1.82) is 0 Å². The van der Waals surface area contributed by atoms with Gasteiger partial charge in [0.1, 0.15) is 18.1 Å². The summed E-state index contributed by atoms with van der Waals surface area (Å²) in [6.45, 7) is 2.68. The maximum atomic E-state index is 10.7. The number of rotatable bonds is 6. The first-order chi connectivity index (χ1) is 10.1. The van der Waals surface area contributed by atoms with Crippen molar-refractivity contribution in [2.45, 2.75) is 13.5 Å². The molecule has 0 spiro atoms. The summed E-state index contributed by atoms with van der Waals surface area (Å²) >= 11 is 0. The van der Waals surface area contributed by atoms with Crippen LogP contribution in [-0.2, 0) is 6.61 Å². The molecule has 110 valence electrons. The van der Waals surface area contributed by atoms with E-state index in [4.69, 9.17) is 15.2 Å². The van der Waals surface area contributed by atoms with Gasteiger partial charge in [-0.05, 0) is 37.3 Å². The molecule has 21 heavy (non-hydrogen) atoms. The fourth-order valence-electron chi connectivity index (χ4n) is 1.79. The summed E-state index contributed by atoms with van der Waals surface area (Å²) < 4.78 is 10.9. The summed E-state index contributed by atoms with van der Waals surface area (Å²) in [5.74, 6) is 1.41. The van der Waals surface area contributed by atoms with Crippen LogP contribution in [0.1, 0.15) is 12.5 Å². The number of nitrogens with zero attached hydrogens (tertiary/aromatic N) is 1. The van der Waals surface area contributed by atoms with Crippen molar-refractivity contribution < 1.29 is 14.4 Å². The topological polar surface area (TPSA) is 87.6 Å². The van der Waals surface area contributed by atoms with Gasteiger partial charge in [-0.25, -0.2) is 0 Å². The van der Waals surface area contributed by atoms with Crippen LogP contribution in [0.5, 0.6) is 11.5 Å². The molecule has 0 atom stereocenters. The van der Waals surface area contributed by atoms with E-state index in [1.807, 2.05) is 6.92 Å². The number of hydrogen-bond acceptors (Lipinski definition) is 5. The van der Waals surface area contributed by atoms with Crippen LogP contribution < -0.4 is 15.2 Å². The second-order valence-electron chi connectivity index (χ2n) is 4.33. The minimum atomic E-state index is -0.459. The molecule has 0 heterocycles. The quantitative estimate of drug-likeness (QED) is 0.501. The standard InChI is InChI=1S/C15H16N2O4/c1-2-20-13-4-6-14(7-5-13)21-10-11-9-12(17(18)19)3-8-15(11)16/h3-9H,2,10,16H2,1H3. The lowest BCUT2D eigenvalue weighted by Gasteiger charge is -2.09. The van der Waals surface area contributed by atoms with Crippen LogP contribution in [0.15, 0.2) is 42.5 Å². The molecule has 0 aromatic heterocycles. The molecular weight excluding hydrogens is 272 g/mol. The van der Waals surface area contributed by atoms with E-state index < -0.39 is 4.92 Å². The average molecular weight is 288 g/mol. The molecule has 6 heteroatoms. The number of ether oxygens (including phenoxy) is 2. The van der Waals surface area contributed by atoms with Crippen LogP contribution >= 0.6 is 0 Å². The zero-order valence-electron chi connectivity index (χ0n) is 11.6. The van der Waals surface area contributed by atoms with Gasteiger partial charge in [0.25, 0.3) is 5.69 Å². The van der Waals surface area contributed by atoms with Crippen molar-refractivity contribution in [2.24, 2.45) is 0 Å². The Morgan fingerprint density at radius 3 is 2.29 bits per heavy atom. The Morgan fingerprint density at radius 2 is 1.71 bits per heavy atom. The van der Waals surface area contributed by atoms with Gasteiger partial charge in [-0.3, -0.25) is 10.1 Å². The highest BCUT2D eigenvalue weighted by Gasteiger charge is 2.09. The van der Waals surface area contributed by atoms with Gasteiger partial charge in [0.05, 0.1) is 11.5 Å². The molecule has 6 nitrogen and oxygen atoms in total. The van der Waals surface area contributed by atoms with Crippen molar-refractivity contribution >= 4 is 11.4 Å². The Bertz CT molecular complexity index is 626. The number of nitro groups is 1. The summed E-state index contributed by atoms with van der Waals surface area (Å²) in [7, 11) is 0. The van der Waals surface area contributed by atoms with E-state index in [1.165, 1.54) is 18.2 Å². The zero-order chi connectivity index (χ0) is 15.2. The molecule has 0 fully saturated rings. The third kappa shape index (κ3) is 3.85. The largest absolute Gasteiger partial charge is 0.494 e. The number of nitro benzene ring substituents is 1. The van der Waals surface area contributed by atoms with Crippen LogP contribution in [0, 0.1) is 10.1 Å². The van der Waals surface area contributed by atoms with Crippen LogP contribution in [0.25, 0.3) is 0 Å². The van der Waals surface area contributed by atoms with Gasteiger partial charge in [-0.2, -0.15) is 0 Å². The third-order valence-corrected chi connectivity index (χ3v) is 2.87. The molecule has 0 unspecified atom stereocenters. The van der Waals surface area contributed by atoms with Crippen molar-refractivity contribution in [3.05, 3.63) is 58.1 Å². The van der Waals surface area contributed by atoms with E-state index in [2.05, 4.69) is 0 Å². The molecule has 0 radical (unpaired) electrons. The lowest BCUT2D eigenvalue weighted by Crippen LogP contribution is -2.01. The summed E-state index contributed by atoms with van der Waals surface area (Å²) in [5.41, 5.74) is 6.84. The lowest BCUT2D eigenvalue weighted by molar-refractivity contribution is -0.384. The zero-order valence-corrected chi connectivity index (χ0v) is 11.6. The first-order valence-corrected chi connectivity index (χ1v) is 6.48. The van der Waals surface area contributed by atoms with E-state index in [0.717, 1.165) is 5.75 Å². The van der Waals surface area contributed by atoms with Gasteiger partial charge >= 0.3 is 0 Å². The van der Waals surface area contributed by atoms with Gasteiger partial charge in [-0.1, -0.05) is 0 Å². The Labute approximate surface area is 122 Å². The van der Waals surface area contributed by atoms with E-state index in [9.17, 15) is 10.1 Å². The molecule has 0 saturated carbocycles. The second kappa shape index (κ2) is 6.60. The maximum Gasteiger partial charge on any atom is 0.269 e. The second-order valence-corrected chi connectivity index (χ2v) is 4.33. The highest BCUT2D eigenvalue weighted by atomic mass is 16.6. The molecule has 0 aliphatic carbocycles. The van der Waals surface area contributed by atoms with Gasteiger partial charge < -0.3 is 15.2 Å². The van der Waals surface area contributed by atoms with Gasteiger partial charge in [0, 0.05) is 23.4 Å². The van der Waals surface area contributed by atoms with Gasteiger partial charge in [0.2, 0.25) is 0 Å². The van der Waals surface area contributed by atoms with E-state index in [1.54, 1.807) is 24.3 Å². The van der Waals surface area contributed by atoms with Crippen molar-refractivity contribution in [3.8, 4) is 11.5 Å². The molecule has 2 aromatic carbocycles. The number of benzene rings is 2. The minimum absolute atomic E-state index is 0.00510. The highest BCUT2D eigenvalue weighted by molar-refractivity contribution is 5.52. The number of anilines is 1. The van der Waals surface area contributed by atoms with E-state index >= 15 is 0 Å². The number of non-ortho nitro benzene ring substituents is 1. The highest BCUT2D eigenvalue weighted by Crippen LogP contribution is 2.23. The smallest absolute Gasteiger partial charge is 0.269 e. The molecule has 0 amide bonds.